The maximum absolute atomic E-state index is 12.9. The summed E-state index contributed by atoms with van der Waals surface area (Å²) in [7, 11) is -1.91. The summed E-state index contributed by atoms with van der Waals surface area (Å²) in [6.45, 7) is 4.11. The molecule has 0 radical (unpaired) electrons. The first-order chi connectivity index (χ1) is 14.7. The minimum atomic E-state index is -3.43. The van der Waals surface area contributed by atoms with Gasteiger partial charge in [0.2, 0.25) is 0 Å². The summed E-state index contributed by atoms with van der Waals surface area (Å²) < 4.78 is 36.9. The molecule has 168 valence electrons. The maximum atomic E-state index is 12.9. The average Bonchev–Trinajstić information content (AvgIpc) is 3.05. The van der Waals surface area contributed by atoms with Crippen LogP contribution < -0.4 is 15.2 Å². The van der Waals surface area contributed by atoms with Crippen LogP contribution in [0.3, 0.4) is 0 Å². The minimum Gasteiger partial charge on any atom is -0.493 e. The van der Waals surface area contributed by atoms with Crippen molar-refractivity contribution in [3.05, 3.63) is 58.0 Å². The van der Waals surface area contributed by atoms with Gasteiger partial charge in [-0.1, -0.05) is 19.1 Å². The zero-order chi connectivity index (χ0) is 22.8. The fourth-order valence-electron chi connectivity index (χ4n) is 3.68. The number of nitrogens with one attached hydrogen (secondary N) is 1. The Morgan fingerprint density at radius 1 is 1.10 bits per heavy atom. The topological polar surface area (TPSA) is 111 Å². The Morgan fingerprint density at radius 3 is 2.42 bits per heavy atom. The molecule has 1 unspecified atom stereocenters. The van der Waals surface area contributed by atoms with Crippen molar-refractivity contribution in [3.63, 3.8) is 0 Å². The fourth-order valence-corrected chi connectivity index (χ4v) is 4.59. The lowest BCUT2D eigenvalue weighted by atomic mass is 10.1. The molecule has 0 saturated heterocycles. The highest BCUT2D eigenvalue weighted by molar-refractivity contribution is 7.90. The molecule has 2 atom stereocenters. The number of aliphatic hydroxyl groups excluding tert-OH is 1. The summed E-state index contributed by atoms with van der Waals surface area (Å²) in [5.74, 6) is 0.729. The molecule has 2 aromatic carbocycles. The largest absolute Gasteiger partial charge is 0.493 e. The van der Waals surface area contributed by atoms with Gasteiger partial charge < -0.3 is 19.6 Å². The molecule has 1 aromatic heterocycles. The summed E-state index contributed by atoms with van der Waals surface area (Å²) in [6, 6.07) is 9.56. The number of hydrogen-bond acceptors (Lipinski definition) is 6. The molecule has 8 nitrogen and oxygen atoms in total. The fraction of sp³-hybridized carbons (Fsp3) is 0.409. The first-order valence-corrected chi connectivity index (χ1v) is 12.1. The van der Waals surface area contributed by atoms with Crippen LogP contribution in [-0.4, -0.2) is 48.8 Å². The third kappa shape index (κ3) is 4.94. The molecular weight excluding hydrogens is 420 g/mol. The Kier molecular flexibility index (Phi) is 6.76. The number of nitrogens with zero attached hydrogens (tertiary/aromatic N) is 1. The molecule has 3 aromatic rings. The van der Waals surface area contributed by atoms with Gasteiger partial charge in [0.15, 0.2) is 11.5 Å². The van der Waals surface area contributed by atoms with E-state index in [1.54, 1.807) is 36.4 Å². The summed E-state index contributed by atoms with van der Waals surface area (Å²) in [5, 5.41) is 10.1. The van der Waals surface area contributed by atoms with E-state index in [1.165, 1.54) is 11.7 Å². The molecule has 31 heavy (non-hydrogen) atoms. The second kappa shape index (κ2) is 9.15. The molecule has 1 heterocycles. The van der Waals surface area contributed by atoms with Crippen LogP contribution in [0.2, 0.25) is 0 Å². The van der Waals surface area contributed by atoms with Gasteiger partial charge >= 0.3 is 5.69 Å². The number of rotatable bonds is 9. The standard InChI is InChI=1S/C22H28N2O6S/c1-5-19(25)15-7-9-17-16(11-15)23-22(26)24(17)18(13-31(4,27)28)14-8-10-20(29-3)21(12-14)30-6-2/h7-12,18-19,25H,5-6,13H2,1-4H3,(H,23,26)/t18-,19?/m1/s1. The predicted octanol–water partition coefficient (Wildman–Crippen LogP) is 2.81. The summed E-state index contributed by atoms with van der Waals surface area (Å²) in [4.78, 5) is 15.7. The number of hydrogen-bond donors (Lipinski definition) is 2. The van der Waals surface area contributed by atoms with Gasteiger partial charge in [-0.05, 0) is 48.7 Å². The number of methoxy groups -OCH3 is 1. The number of ether oxygens (including phenoxy) is 2. The Bertz CT molecular complexity index is 1230. The second-order valence-electron chi connectivity index (χ2n) is 7.45. The van der Waals surface area contributed by atoms with E-state index in [0.29, 0.717) is 46.7 Å². The highest BCUT2D eigenvalue weighted by Gasteiger charge is 2.25. The molecule has 0 bridgehead atoms. The second-order valence-corrected chi connectivity index (χ2v) is 9.64. The Balaban J connectivity index is 2.20. The monoisotopic (exact) mass is 448 g/mol. The molecule has 2 N–H and O–H groups in total. The number of aromatic amines is 1. The van der Waals surface area contributed by atoms with Crippen LogP contribution in [0.4, 0.5) is 0 Å². The summed E-state index contributed by atoms with van der Waals surface area (Å²) in [5.41, 5.74) is 1.95. The van der Waals surface area contributed by atoms with Gasteiger partial charge in [0, 0.05) is 6.26 Å². The van der Waals surface area contributed by atoms with E-state index in [9.17, 15) is 18.3 Å². The quantitative estimate of drug-likeness (QED) is 0.521. The third-order valence-corrected chi connectivity index (χ3v) is 6.08. The number of H-pyrrole nitrogens is 1. The van der Waals surface area contributed by atoms with Crippen LogP contribution >= 0.6 is 0 Å². The van der Waals surface area contributed by atoms with Crippen molar-refractivity contribution in [3.8, 4) is 11.5 Å². The van der Waals surface area contributed by atoms with Crippen molar-refractivity contribution in [1.29, 1.82) is 0 Å². The number of aliphatic hydroxyl groups is 1. The van der Waals surface area contributed by atoms with Crippen LogP contribution in [0.1, 0.15) is 43.5 Å². The normalized spacial score (nSPS) is 13.8. The van der Waals surface area contributed by atoms with Crippen LogP contribution in [0.5, 0.6) is 11.5 Å². The lowest BCUT2D eigenvalue weighted by Gasteiger charge is -2.20. The van der Waals surface area contributed by atoms with E-state index in [-0.39, 0.29) is 5.75 Å². The van der Waals surface area contributed by atoms with Gasteiger partial charge in [-0.3, -0.25) is 4.57 Å². The maximum Gasteiger partial charge on any atom is 0.327 e. The van der Waals surface area contributed by atoms with Gasteiger partial charge in [0.25, 0.3) is 0 Å². The van der Waals surface area contributed by atoms with E-state index in [1.807, 2.05) is 13.8 Å². The first-order valence-electron chi connectivity index (χ1n) is 10.1. The molecular formula is C22H28N2O6S. The van der Waals surface area contributed by atoms with Gasteiger partial charge in [0.05, 0.1) is 42.6 Å². The van der Waals surface area contributed by atoms with Crippen LogP contribution in [0, 0.1) is 0 Å². The first kappa shape index (κ1) is 22.9. The van der Waals surface area contributed by atoms with E-state index >= 15 is 0 Å². The SMILES string of the molecule is CCOc1cc([C@@H](CS(C)(=O)=O)n2c(=O)[nH]c3cc(C(O)CC)ccc32)ccc1OC. The zero-order valence-electron chi connectivity index (χ0n) is 18.1. The number of sulfone groups is 1. The molecule has 0 spiro atoms. The smallest absolute Gasteiger partial charge is 0.327 e. The minimum absolute atomic E-state index is 0.267. The molecule has 0 aliphatic heterocycles. The van der Waals surface area contributed by atoms with Crippen LogP contribution in [0.15, 0.2) is 41.2 Å². The van der Waals surface area contributed by atoms with Crippen molar-refractivity contribution in [1.82, 2.24) is 9.55 Å². The number of benzene rings is 2. The van der Waals surface area contributed by atoms with Crippen molar-refractivity contribution < 1.29 is 23.0 Å². The molecule has 0 saturated carbocycles. The van der Waals surface area contributed by atoms with E-state index in [4.69, 9.17) is 9.47 Å². The average molecular weight is 449 g/mol. The van der Waals surface area contributed by atoms with Crippen LogP contribution in [-0.2, 0) is 9.84 Å². The summed E-state index contributed by atoms with van der Waals surface area (Å²) in [6.07, 6.45) is 1.04. The Labute approximate surface area is 181 Å². The predicted molar refractivity (Wildman–Crippen MR) is 120 cm³/mol. The van der Waals surface area contributed by atoms with Gasteiger partial charge in [0.1, 0.15) is 9.84 Å². The van der Waals surface area contributed by atoms with Gasteiger partial charge in [-0.25, -0.2) is 13.2 Å². The third-order valence-electron chi connectivity index (χ3n) is 5.16. The Hall–Kier alpha value is -2.78. The number of imidazole rings is 1. The molecule has 9 heteroatoms. The van der Waals surface area contributed by atoms with Crippen molar-refractivity contribution in [2.24, 2.45) is 0 Å². The molecule has 3 rings (SSSR count). The van der Waals surface area contributed by atoms with E-state index in [2.05, 4.69) is 4.98 Å². The molecule has 0 amide bonds. The highest BCUT2D eigenvalue weighted by atomic mass is 32.2. The lowest BCUT2D eigenvalue weighted by Crippen LogP contribution is -2.28. The van der Waals surface area contributed by atoms with Crippen LogP contribution in [0.25, 0.3) is 11.0 Å². The highest BCUT2D eigenvalue weighted by Crippen LogP contribution is 2.33. The molecule has 0 fully saturated rings. The van der Waals surface area contributed by atoms with Gasteiger partial charge in [-0.15, -0.1) is 0 Å². The molecule has 0 aliphatic carbocycles. The summed E-state index contributed by atoms with van der Waals surface area (Å²) >= 11 is 0. The zero-order valence-corrected chi connectivity index (χ0v) is 18.9. The number of aromatic nitrogens is 2. The van der Waals surface area contributed by atoms with Crippen molar-refractivity contribution in [2.75, 3.05) is 25.7 Å². The Morgan fingerprint density at radius 2 is 1.81 bits per heavy atom. The van der Waals surface area contributed by atoms with E-state index in [0.717, 1.165) is 6.26 Å². The molecule has 0 aliphatic rings. The van der Waals surface area contributed by atoms with Crippen molar-refractivity contribution >= 4 is 20.9 Å². The van der Waals surface area contributed by atoms with E-state index < -0.39 is 27.7 Å². The number of fused-ring (bicyclic) bond motifs is 1. The van der Waals surface area contributed by atoms with Gasteiger partial charge in [-0.2, -0.15) is 0 Å². The van der Waals surface area contributed by atoms with Crippen molar-refractivity contribution in [2.45, 2.75) is 32.4 Å². The lowest BCUT2D eigenvalue weighted by molar-refractivity contribution is 0.174.